The molecule has 1 saturated heterocycles. The molecule has 1 aliphatic heterocycles. The van der Waals surface area contributed by atoms with Gasteiger partial charge in [-0.1, -0.05) is 12.1 Å². The largest absolute Gasteiger partial charge is 0.497 e. The molecule has 1 heterocycles. The number of nitrogens with zero attached hydrogens (tertiary/aromatic N) is 2. The molecule has 1 aliphatic rings. The highest BCUT2D eigenvalue weighted by Gasteiger charge is 2.37. The maximum atomic E-state index is 12.4. The van der Waals surface area contributed by atoms with Crippen LogP contribution in [0.1, 0.15) is 16.8 Å². The third-order valence-corrected chi connectivity index (χ3v) is 5.07. The highest BCUT2D eigenvalue weighted by Crippen LogP contribution is 2.29. The van der Waals surface area contributed by atoms with Gasteiger partial charge in [0.2, 0.25) is 5.91 Å². The Bertz CT molecular complexity index is 1170. The van der Waals surface area contributed by atoms with Crippen LogP contribution in [0.15, 0.2) is 42.5 Å². The van der Waals surface area contributed by atoms with Crippen LogP contribution in [0.4, 0.5) is 11.4 Å². The lowest BCUT2D eigenvalue weighted by Gasteiger charge is -2.17. The van der Waals surface area contributed by atoms with E-state index in [1.54, 1.807) is 18.2 Å². The summed E-state index contributed by atoms with van der Waals surface area (Å²) in [6, 6.07) is 10.00. The van der Waals surface area contributed by atoms with E-state index in [-0.39, 0.29) is 18.5 Å². The third-order valence-electron chi connectivity index (χ3n) is 5.07. The van der Waals surface area contributed by atoms with E-state index in [9.17, 15) is 29.3 Å². The van der Waals surface area contributed by atoms with E-state index in [0.29, 0.717) is 17.2 Å². The van der Waals surface area contributed by atoms with Crippen LogP contribution in [0, 0.1) is 16.0 Å². The summed E-state index contributed by atoms with van der Waals surface area (Å²) in [5, 5.41) is 14.6. The first-order valence-corrected chi connectivity index (χ1v) is 10.3. The van der Waals surface area contributed by atoms with Crippen molar-refractivity contribution in [2.75, 3.05) is 32.7 Å². The summed E-state index contributed by atoms with van der Waals surface area (Å²) in [6.45, 7) is -0.820. The highest BCUT2D eigenvalue weighted by atomic mass is 16.6. The van der Waals surface area contributed by atoms with Crippen LogP contribution in [0.3, 0.4) is 0 Å². The lowest BCUT2D eigenvalue weighted by atomic mass is 10.1. The van der Waals surface area contributed by atoms with E-state index < -0.39 is 46.8 Å². The topological polar surface area (TPSA) is 166 Å². The monoisotopic (exact) mass is 486 g/mol. The van der Waals surface area contributed by atoms with Gasteiger partial charge in [-0.05, 0) is 18.2 Å². The van der Waals surface area contributed by atoms with Crippen molar-refractivity contribution in [3.8, 4) is 11.5 Å². The molecule has 13 heteroatoms. The van der Waals surface area contributed by atoms with Crippen LogP contribution >= 0.6 is 0 Å². The lowest BCUT2D eigenvalue weighted by molar-refractivity contribution is -0.385. The van der Waals surface area contributed by atoms with Crippen LogP contribution < -0.4 is 20.2 Å². The Labute approximate surface area is 199 Å². The number of rotatable bonds is 9. The second kappa shape index (κ2) is 11.0. The number of ether oxygens (including phenoxy) is 3. The van der Waals surface area contributed by atoms with Crippen molar-refractivity contribution < 1.29 is 38.3 Å². The Balaban J connectivity index is 1.53. The lowest BCUT2D eigenvalue weighted by Crippen LogP contribution is -2.43. The molecule has 0 radical (unpaired) electrons. The van der Waals surface area contributed by atoms with Crippen LogP contribution in [-0.2, 0) is 19.1 Å². The van der Waals surface area contributed by atoms with Gasteiger partial charge in [0.25, 0.3) is 17.5 Å². The predicted molar refractivity (Wildman–Crippen MR) is 120 cm³/mol. The van der Waals surface area contributed by atoms with Crippen LogP contribution in [-0.4, -0.2) is 61.0 Å². The zero-order valence-corrected chi connectivity index (χ0v) is 18.8. The number of methoxy groups -OCH3 is 2. The molecule has 2 N–H and O–H groups in total. The summed E-state index contributed by atoms with van der Waals surface area (Å²) in [7, 11) is 2.90. The molecule has 0 unspecified atom stereocenters. The average Bonchev–Trinajstić information content (AvgIpc) is 3.22. The number of nitrogens with one attached hydrogen (secondary N) is 2. The van der Waals surface area contributed by atoms with Crippen LogP contribution in [0.2, 0.25) is 0 Å². The Kier molecular flexibility index (Phi) is 7.81. The van der Waals surface area contributed by atoms with Gasteiger partial charge in [0.15, 0.2) is 6.61 Å². The second-order valence-electron chi connectivity index (χ2n) is 7.34. The first kappa shape index (κ1) is 25.0. The quantitative estimate of drug-likeness (QED) is 0.301. The highest BCUT2D eigenvalue weighted by molar-refractivity contribution is 5.99. The minimum absolute atomic E-state index is 0.210. The number of carbonyl (C=O) groups is 4. The van der Waals surface area contributed by atoms with E-state index in [0.717, 1.165) is 11.1 Å². The first-order valence-electron chi connectivity index (χ1n) is 10.3. The number of nitro benzene ring substituents is 1. The number of hydrazine groups is 1. The molecule has 184 valence electrons. The summed E-state index contributed by atoms with van der Waals surface area (Å²) in [5.41, 5.74) is 1.96. The molecule has 13 nitrogen and oxygen atoms in total. The average molecular weight is 486 g/mol. The molecular weight excluding hydrogens is 464 g/mol. The minimum atomic E-state index is -0.933. The van der Waals surface area contributed by atoms with Gasteiger partial charge >= 0.3 is 5.97 Å². The van der Waals surface area contributed by atoms with Gasteiger partial charge in [-0.3, -0.25) is 39.7 Å². The number of hydrogen-bond donors (Lipinski definition) is 2. The molecule has 2 aromatic carbocycles. The van der Waals surface area contributed by atoms with Gasteiger partial charge < -0.3 is 19.5 Å². The maximum Gasteiger partial charge on any atom is 0.311 e. The van der Waals surface area contributed by atoms with Crippen molar-refractivity contribution in [2.45, 2.75) is 6.42 Å². The third kappa shape index (κ3) is 6.01. The number of para-hydroxylation sites is 1. The molecule has 0 saturated carbocycles. The molecule has 1 atom stereocenters. The number of nitro groups is 1. The van der Waals surface area contributed by atoms with Gasteiger partial charge in [-0.15, -0.1) is 0 Å². The Morgan fingerprint density at radius 2 is 1.89 bits per heavy atom. The molecule has 0 aromatic heterocycles. The SMILES string of the molecule is COc1ccc(NC(=O)COC(=O)[C@H]2CC(=O)N(NC(=O)c3ccccc3[N+](=O)[O-])C2)c(OC)c1. The predicted octanol–water partition coefficient (Wildman–Crippen LogP) is 1.29. The zero-order valence-electron chi connectivity index (χ0n) is 18.8. The van der Waals surface area contributed by atoms with E-state index in [1.807, 2.05) is 0 Å². The van der Waals surface area contributed by atoms with Gasteiger partial charge in [0, 0.05) is 18.6 Å². The van der Waals surface area contributed by atoms with Gasteiger partial charge in [0.05, 0.1) is 37.3 Å². The number of benzene rings is 2. The summed E-state index contributed by atoms with van der Waals surface area (Å²) in [4.78, 5) is 59.7. The van der Waals surface area contributed by atoms with Crippen molar-refractivity contribution in [2.24, 2.45) is 5.92 Å². The van der Waals surface area contributed by atoms with Crippen molar-refractivity contribution in [3.05, 3.63) is 58.1 Å². The molecule has 1 fully saturated rings. The normalized spacial score (nSPS) is 14.7. The fourth-order valence-corrected chi connectivity index (χ4v) is 3.32. The summed E-state index contributed by atoms with van der Waals surface area (Å²) < 4.78 is 15.3. The molecule has 3 amide bonds. The van der Waals surface area contributed by atoms with E-state index in [4.69, 9.17) is 14.2 Å². The molecular formula is C22H22N4O9. The van der Waals surface area contributed by atoms with Gasteiger partial charge in [0.1, 0.15) is 17.1 Å². The van der Waals surface area contributed by atoms with Crippen molar-refractivity contribution in [1.29, 1.82) is 0 Å². The smallest absolute Gasteiger partial charge is 0.311 e. The summed E-state index contributed by atoms with van der Waals surface area (Å²) >= 11 is 0. The maximum absolute atomic E-state index is 12.4. The molecule has 0 aliphatic carbocycles. The first-order chi connectivity index (χ1) is 16.7. The van der Waals surface area contributed by atoms with E-state index in [2.05, 4.69) is 10.7 Å². The van der Waals surface area contributed by atoms with Crippen molar-refractivity contribution >= 4 is 35.1 Å². The second-order valence-corrected chi connectivity index (χ2v) is 7.34. The minimum Gasteiger partial charge on any atom is -0.497 e. The van der Waals surface area contributed by atoms with Crippen LogP contribution in [0.5, 0.6) is 11.5 Å². The summed E-state index contributed by atoms with van der Waals surface area (Å²) in [6.07, 6.45) is -0.260. The summed E-state index contributed by atoms with van der Waals surface area (Å²) in [5.74, 6) is -2.95. The van der Waals surface area contributed by atoms with Gasteiger partial charge in [-0.2, -0.15) is 0 Å². The standard InChI is InChI=1S/C22H22N4O9/c1-33-14-7-8-16(18(10-14)34-2)23-19(27)12-35-22(30)13-9-20(28)25(11-13)24-21(29)15-5-3-4-6-17(15)26(31)32/h3-8,10,13H,9,11-12H2,1-2H3,(H,23,27)(H,24,29)/t13-/m0/s1. The molecule has 0 spiro atoms. The number of hydrogen-bond acceptors (Lipinski definition) is 9. The van der Waals surface area contributed by atoms with E-state index >= 15 is 0 Å². The van der Waals surface area contributed by atoms with Crippen molar-refractivity contribution in [3.63, 3.8) is 0 Å². The zero-order chi connectivity index (χ0) is 25.5. The number of carbonyl (C=O) groups excluding carboxylic acids is 4. The number of esters is 1. The molecule has 2 aromatic rings. The number of anilines is 1. The molecule has 3 rings (SSSR count). The van der Waals surface area contributed by atoms with Crippen LogP contribution in [0.25, 0.3) is 0 Å². The Morgan fingerprint density at radius 1 is 1.14 bits per heavy atom. The Hall–Kier alpha value is -4.68. The van der Waals surface area contributed by atoms with E-state index in [1.165, 1.54) is 32.4 Å². The Morgan fingerprint density at radius 3 is 2.57 bits per heavy atom. The fourth-order valence-electron chi connectivity index (χ4n) is 3.32. The number of amides is 3. The van der Waals surface area contributed by atoms with Crippen molar-refractivity contribution in [1.82, 2.24) is 10.4 Å². The molecule has 35 heavy (non-hydrogen) atoms. The fraction of sp³-hybridized carbons (Fsp3) is 0.273. The molecule has 0 bridgehead atoms. The van der Waals surface area contributed by atoms with Gasteiger partial charge in [-0.25, -0.2) is 0 Å².